The molecule has 0 bridgehead atoms. The summed E-state index contributed by atoms with van der Waals surface area (Å²) in [5.41, 5.74) is 25.4. The van der Waals surface area contributed by atoms with Gasteiger partial charge in [0.15, 0.2) is 0 Å². The van der Waals surface area contributed by atoms with Crippen molar-refractivity contribution >= 4 is 164 Å². The molecule has 0 saturated heterocycles. The van der Waals surface area contributed by atoms with Gasteiger partial charge in [0.25, 0.3) is 6.71 Å². The zero-order valence-corrected chi connectivity index (χ0v) is 57.2. The molecule has 2 aliphatic heterocycles. The van der Waals surface area contributed by atoms with Crippen molar-refractivity contribution in [3.05, 3.63) is 234 Å². The highest BCUT2D eigenvalue weighted by molar-refractivity contribution is 7.26. The molecule has 7 heteroatoms. The number of para-hydroxylation sites is 2. The standard InChI is InChI=1S/C86H79BN4S2/c1-12-14-24-63-71(44-38-61-59-28-18-22-32-79(59)92-82(61)63)90-75-50-55(88-69-30-20-16-26-57(69)65-46-52(84(3,4)5)34-42-73(65)88)36-40-67(75)87-68-41-37-56(89-70-31-21-17-27-58(70)66-47-53(85(6,7)8)35-43-74(66)89)51-76(68)91(78-49-54(86(9,10)11)48-77(90)81(78)87)72-45-39-62-60-29-19-23-33-80(60)93-83(62)64(72)25-15-13-2/h16-23,26-51H,12-15,24-25H2,1-11H3. The van der Waals surface area contributed by atoms with E-state index in [1.54, 1.807) is 0 Å². The molecule has 6 heterocycles. The second-order valence-corrected chi connectivity index (χ2v) is 31.8. The number of fused-ring (bicyclic) bond motifs is 16. The second-order valence-electron chi connectivity index (χ2n) is 29.7. The summed E-state index contributed by atoms with van der Waals surface area (Å²) in [5, 5.41) is 10.5. The first kappa shape index (κ1) is 58.0. The normalized spacial score (nSPS) is 13.5. The van der Waals surface area contributed by atoms with E-state index in [-0.39, 0.29) is 23.0 Å². The Morgan fingerprint density at radius 1 is 0.333 bits per heavy atom. The Hall–Kier alpha value is -8.88. The Morgan fingerprint density at radius 2 is 0.731 bits per heavy atom. The first-order valence-electron chi connectivity index (χ1n) is 34.0. The van der Waals surface area contributed by atoms with Crippen LogP contribution in [0, 0.1) is 0 Å². The molecule has 458 valence electrons. The highest BCUT2D eigenvalue weighted by Crippen LogP contribution is 2.53. The molecular formula is C86H79BN4S2. The molecule has 15 aromatic rings. The molecule has 17 rings (SSSR count). The van der Waals surface area contributed by atoms with Crippen LogP contribution in [-0.4, -0.2) is 15.8 Å². The van der Waals surface area contributed by atoms with E-state index in [4.69, 9.17) is 0 Å². The summed E-state index contributed by atoms with van der Waals surface area (Å²) in [5.74, 6) is 0. The molecule has 2 aliphatic rings. The maximum absolute atomic E-state index is 2.76. The summed E-state index contributed by atoms with van der Waals surface area (Å²) in [7, 11) is 0. The van der Waals surface area contributed by atoms with Gasteiger partial charge in [-0.25, -0.2) is 0 Å². The fraction of sp³-hybridized carbons (Fsp3) is 0.233. The maximum atomic E-state index is 2.76. The number of anilines is 6. The van der Waals surface area contributed by atoms with E-state index >= 15 is 0 Å². The number of hydrogen-bond donors (Lipinski definition) is 0. The summed E-state index contributed by atoms with van der Waals surface area (Å²) in [4.78, 5) is 5.52. The van der Waals surface area contributed by atoms with Crippen molar-refractivity contribution in [3.8, 4) is 11.4 Å². The fourth-order valence-electron chi connectivity index (χ4n) is 15.9. The molecule has 0 fully saturated rings. The van der Waals surface area contributed by atoms with Crippen LogP contribution in [0.3, 0.4) is 0 Å². The van der Waals surface area contributed by atoms with Gasteiger partial charge in [-0.2, -0.15) is 0 Å². The molecule has 0 unspecified atom stereocenters. The summed E-state index contributed by atoms with van der Waals surface area (Å²) in [6.07, 6.45) is 6.35. The van der Waals surface area contributed by atoms with Crippen LogP contribution in [0.4, 0.5) is 34.1 Å². The van der Waals surface area contributed by atoms with Gasteiger partial charge < -0.3 is 18.9 Å². The molecule has 0 N–H and O–H groups in total. The number of thiophene rings is 2. The zero-order valence-electron chi connectivity index (χ0n) is 55.6. The van der Waals surface area contributed by atoms with Gasteiger partial charge in [-0.05, 0) is 183 Å². The van der Waals surface area contributed by atoms with Crippen molar-refractivity contribution in [2.45, 2.75) is 131 Å². The maximum Gasteiger partial charge on any atom is 0.252 e. The minimum absolute atomic E-state index is 0.00153. The highest BCUT2D eigenvalue weighted by atomic mass is 32.1. The minimum atomic E-state index is -0.215. The van der Waals surface area contributed by atoms with E-state index in [9.17, 15) is 0 Å². The van der Waals surface area contributed by atoms with Crippen molar-refractivity contribution < 1.29 is 0 Å². The van der Waals surface area contributed by atoms with E-state index < -0.39 is 0 Å². The van der Waals surface area contributed by atoms with Gasteiger partial charge >= 0.3 is 0 Å². The van der Waals surface area contributed by atoms with Gasteiger partial charge in [-0.3, -0.25) is 0 Å². The van der Waals surface area contributed by atoms with Crippen molar-refractivity contribution in [2.24, 2.45) is 0 Å². The molecule has 0 saturated carbocycles. The Kier molecular flexibility index (Phi) is 13.3. The zero-order chi connectivity index (χ0) is 63.6. The predicted molar refractivity (Wildman–Crippen MR) is 408 cm³/mol. The van der Waals surface area contributed by atoms with Crippen LogP contribution in [0.5, 0.6) is 0 Å². The number of aryl methyl sites for hydroxylation is 2. The van der Waals surface area contributed by atoms with Gasteiger partial charge in [0.1, 0.15) is 0 Å². The van der Waals surface area contributed by atoms with Gasteiger partial charge in [-0.15, -0.1) is 22.7 Å². The Labute approximate surface area is 555 Å². The molecule has 11 aromatic carbocycles. The van der Waals surface area contributed by atoms with E-state index in [0.717, 1.165) is 49.9 Å². The first-order valence-corrected chi connectivity index (χ1v) is 35.6. The minimum Gasteiger partial charge on any atom is -0.311 e. The molecule has 0 atom stereocenters. The fourth-order valence-corrected chi connectivity index (χ4v) is 18.5. The number of rotatable bonds is 10. The topological polar surface area (TPSA) is 16.3 Å². The monoisotopic (exact) mass is 1240 g/mol. The number of benzene rings is 11. The summed E-state index contributed by atoms with van der Waals surface area (Å²) in [6.45, 7) is 25.8. The molecule has 93 heavy (non-hydrogen) atoms. The van der Waals surface area contributed by atoms with Crippen LogP contribution in [0.1, 0.15) is 130 Å². The van der Waals surface area contributed by atoms with Crippen LogP contribution < -0.4 is 26.2 Å². The number of hydrogen-bond acceptors (Lipinski definition) is 4. The van der Waals surface area contributed by atoms with Crippen molar-refractivity contribution in [2.75, 3.05) is 9.80 Å². The largest absolute Gasteiger partial charge is 0.311 e. The van der Waals surface area contributed by atoms with Gasteiger partial charge in [-0.1, -0.05) is 198 Å². The number of aromatic nitrogens is 2. The first-order chi connectivity index (χ1) is 45.0. The van der Waals surface area contributed by atoms with E-state index in [0.29, 0.717) is 0 Å². The Bertz CT molecular complexity index is 5260. The third-order valence-corrected chi connectivity index (χ3v) is 23.3. The molecule has 0 aliphatic carbocycles. The second kappa shape index (κ2) is 21.3. The third kappa shape index (κ3) is 8.96. The van der Waals surface area contributed by atoms with Crippen LogP contribution >= 0.6 is 22.7 Å². The third-order valence-electron chi connectivity index (χ3n) is 20.8. The van der Waals surface area contributed by atoms with Gasteiger partial charge in [0.05, 0.1) is 33.4 Å². The van der Waals surface area contributed by atoms with E-state index in [1.807, 2.05) is 22.7 Å². The van der Waals surface area contributed by atoms with E-state index in [1.165, 1.54) is 162 Å². The van der Waals surface area contributed by atoms with E-state index in [2.05, 4.69) is 301 Å². The average Bonchev–Trinajstić information content (AvgIpc) is 1.33. The summed E-state index contributed by atoms with van der Waals surface area (Å²) >= 11 is 3.95. The lowest BCUT2D eigenvalue weighted by Crippen LogP contribution is -2.61. The van der Waals surface area contributed by atoms with Gasteiger partial charge in [0, 0.05) is 96.0 Å². The lowest BCUT2D eigenvalue weighted by Gasteiger charge is -2.46. The average molecular weight is 1240 g/mol. The molecule has 0 spiro atoms. The lowest BCUT2D eigenvalue weighted by molar-refractivity contribution is 0.590. The predicted octanol–water partition coefficient (Wildman–Crippen LogP) is 23.3. The summed E-state index contributed by atoms with van der Waals surface area (Å²) in [6, 6.07) is 81.0. The summed E-state index contributed by atoms with van der Waals surface area (Å²) < 4.78 is 10.6. The number of unbranched alkanes of at least 4 members (excludes halogenated alkanes) is 2. The van der Waals surface area contributed by atoms with Crippen molar-refractivity contribution in [3.63, 3.8) is 0 Å². The Balaban J connectivity index is 1.01. The lowest BCUT2D eigenvalue weighted by atomic mass is 9.33. The molecular weight excluding hydrogens is 1160 g/mol. The SMILES string of the molecule is CCCCc1c(N2c3cc(-n4c5ccccc5c5cc(C(C)(C)C)ccc54)ccc3B3c4ccc(-n5c6ccccc6c6cc(C(C)(C)C)ccc65)cc4N(c4ccc5c(sc6ccccc65)c4CCCC)c4cc(C(C)(C)C)cc2c43)ccc2c1sc1ccccc12. The van der Waals surface area contributed by atoms with Crippen LogP contribution in [-0.2, 0) is 29.1 Å². The van der Waals surface area contributed by atoms with Crippen LogP contribution in [0.2, 0.25) is 0 Å². The molecule has 4 nitrogen and oxygen atoms in total. The quantitative estimate of drug-likeness (QED) is 0.127. The van der Waals surface area contributed by atoms with Gasteiger partial charge in [0.2, 0.25) is 0 Å². The Morgan fingerprint density at radius 3 is 1.15 bits per heavy atom. The van der Waals surface area contributed by atoms with Crippen molar-refractivity contribution in [1.82, 2.24) is 9.13 Å². The smallest absolute Gasteiger partial charge is 0.252 e. The molecule has 0 radical (unpaired) electrons. The number of nitrogens with zero attached hydrogens (tertiary/aromatic N) is 4. The van der Waals surface area contributed by atoms with Crippen LogP contribution in [0.15, 0.2) is 206 Å². The molecule has 4 aromatic heterocycles. The van der Waals surface area contributed by atoms with Crippen LogP contribution in [0.25, 0.3) is 95.3 Å². The molecule has 0 amide bonds. The highest BCUT2D eigenvalue weighted by Gasteiger charge is 2.46. The van der Waals surface area contributed by atoms with Crippen molar-refractivity contribution in [1.29, 1.82) is 0 Å².